The summed E-state index contributed by atoms with van der Waals surface area (Å²) in [7, 11) is 0. The molecular weight excluding hydrogens is 250 g/mol. The van der Waals surface area contributed by atoms with Crippen LogP contribution in [0.5, 0.6) is 0 Å². The van der Waals surface area contributed by atoms with Crippen molar-refractivity contribution in [1.29, 1.82) is 0 Å². The second-order valence-corrected chi connectivity index (χ2v) is 6.93. The molecule has 17 heavy (non-hydrogen) atoms. The molecule has 3 unspecified atom stereocenters. The van der Waals surface area contributed by atoms with E-state index in [0.29, 0.717) is 12.1 Å². The van der Waals surface area contributed by atoms with Crippen LogP contribution in [0.2, 0.25) is 4.34 Å². The lowest BCUT2D eigenvalue weighted by Gasteiger charge is -2.21. The molecule has 1 nitrogen and oxygen atoms in total. The number of halogens is 1. The Morgan fingerprint density at radius 1 is 1.35 bits per heavy atom. The molecule has 0 bridgehead atoms. The Balaban J connectivity index is 1.87. The fourth-order valence-corrected chi connectivity index (χ4v) is 3.64. The number of nitrogens with one attached hydrogen (secondary N) is 1. The van der Waals surface area contributed by atoms with Gasteiger partial charge < -0.3 is 5.32 Å². The van der Waals surface area contributed by atoms with Crippen LogP contribution in [0.1, 0.15) is 57.6 Å². The van der Waals surface area contributed by atoms with Gasteiger partial charge in [0.2, 0.25) is 0 Å². The zero-order chi connectivity index (χ0) is 12.3. The SMILES string of the molecule is CC1CCCC(NC(C)c2csc(Cl)c2)CC1. The molecule has 1 fully saturated rings. The van der Waals surface area contributed by atoms with Gasteiger partial charge in [0.05, 0.1) is 4.34 Å². The third-order valence-electron chi connectivity index (χ3n) is 3.83. The average molecular weight is 272 g/mol. The van der Waals surface area contributed by atoms with Gasteiger partial charge in [-0.3, -0.25) is 0 Å². The van der Waals surface area contributed by atoms with Gasteiger partial charge in [0, 0.05) is 12.1 Å². The predicted molar refractivity (Wildman–Crippen MR) is 76.9 cm³/mol. The first-order chi connectivity index (χ1) is 8.15. The minimum atomic E-state index is 0.428. The smallest absolute Gasteiger partial charge is 0.0931 e. The van der Waals surface area contributed by atoms with Gasteiger partial charge in [-0.2, -0.15) is 0 Å². The van der Waals surface area contributed by atoms with E-state index in [4.69, 9.17) is 11.6 Å². The van der Waals surface area contributed by atoms with E-state index in [0.717, 1.165) is 10.3 Å². The zero-order valence-electron chi connectivity index (χ0n) is 10.7. The summed E-state index contributed by atoms with van der Waals surface area (Å²) in [4.78, 5) is 0. The highest BCUT2D eigenvalue weighted by molar-refractivity contribution is 7.14. The van der Waals surface area contributed by atoms with Crippen molar-refractivity contribution in [3.8, 4) is 0 Å². The number of thiophene rings is 1. The van der Waals surface area contributed by atoms with Gasteiger partial charge in [0.25, 0.3) is 0 Å². The van der Waals surface area contributed by atoms with Crippen LogP contribution in [-0.4, -0.2) is 6.04 Å². The molecule has 1 heterocycles. The third kappa shape index (κ3) is 3.97. The molecule has 0 aliphatic heterocycles. The number of hydrogen-bond donors (Lipinski definition) is 1. The molecule has 1 aromatic heterocycles. The first-order valence-corrected chi connectivity index (χ1v) is 7.91. The van der Waals surface area contributed by atoms with Crippen molar-refractivity contribution in [3.05, 3.63) is 21.3 Å². The molecule has 0 aromatic carbocycles. The second kappa shape index (κ2) is 6.21. The van der Waals surface area contributed by atoms with Crippen molar-refractivity contribution in [2.45, 2.75) is 58.0 Å². The fraction of sp³-hybridized carbons (Fsp3) is 0.714. The van der Waals surface area contributed by atoms with Crippen LogP contribution >= 0.6 is 22.9 Å². The lowest BCUT2D eigenvalue weighted by atomic mass is 10.0. The van der Waals surface area contributed by atoms with E-state index < -0.39 is 0 Å². The highest BCUT2D eigenvalue weighted by Gasteiger charge is 2.18. The molecule has 0 radical (unpaired) electrons. The zero-order valence-corrected chi connectivity index (χ0v) is 12.3. The highest BCUT2D eigenvalue weighted by Crippen LogP contribution is 2.27. The highest BCUT2D eigenvalue weighted by atomic mass is 35.5. The maximum atomic E-state index is 5.98. The molecule has 1 aromatic rings. The standard InChI is InChI=1S/C14H22ClNS/c1-10-4-3-5-13(7-6-10)16-11(2)12-8-14(15)17-9-12/h8-11,13,16H,3-7H2,1-2H3. The monoisotopic (exact) mass is 271 g/mol. The van der Waals surface area contributed by atoms with Gasteiger partial charge in [-0.25, -0.2) is 0 Å². The molecule has 0 saturated heterocycles. The van der Waals surface area contributed by atoms with E-state index in [1.807, 2.05) is 0 Å². The Bertz CT molecular complexity index is 350. The Hall–Kier alpha value is -0.0500. The van der Waals surface area contributed by atoms with Gasteiger partial charge >= 0.3 is 0 Å². The first-order valence-electron chi connectivity index (χ1n) is 6.65. The van der Waals surface area contributed by atoms with Gasteiger partial charge in [-0.1, -0.05) is 31.4 Å². The Labute approximate surface area is 114 Å². The number of rotatable bonds is 3. The van der Waals surface area contributed by atoms with Crippen LogP contribution in [-0.2, 0) is 0 Å². The van der Waals surface area contributed by atoms with Crippen molar-refractivity contribution in [2.24, 2.45) is 5.92 Å². The van der Waals surface area contributed by atoms with Crippen molar-refractivity contribution in [3.63, 3.8) is 0 Å². The molecular formula is C14H22ClNS. The largest absolute Gasteiger partial charge is 0.307 e. The van der Waals surface area contributed by atoms with E-state index in [1.165, 1.54) is 37.7 Å². The molecule has 0 spiro atoms. The minimum absolute atomic E-state index is 0.428. The van der Waals surface area contributed by atoms with E-state index in [9.17, 15) is 0 Å². The maximum Gasteiger partial charge on any atom is 0.0931 e. The molecule has 0 amide bonds. The van der Waals surface area contributed by atoms with Crippen molar-refractivity contribution >= 4 is 22.9 Å². The van der Waals surface area contributed by atoms with E-state index in [2.05, 4.69) is 30.6 Å². The Morgan fingerprint density at radius 2 is 2.18 bits per heavy atom. The van der Waals surface area contributed by atoms with Crippen molar-refractivity contribution in [1.82, 2.24) is 5.32 Å². The fourth-order valence-electron chi connectivity index (χ4n) is 2.65. The number of hydrogen-bond acceptors (Lipinski definition) is 2. The molecule has 1 N–H and O–H groups in total. The lowest BCUT2D eigenvalue weighted by molar-refractivity contribution is 0.408. The molecule has 1 aliphatic rings. The average Bonchev–Trinajstić information content (AvgIpc) is 2.62. The predicted octanol–water partition coefficient (Wildman–Crippen LogP) is 5.02. The van der Waals surface area contributed by atoms with Crippen LogP contribution in [0.15, 0.2) is 11.4 Å². The van der Waals surface area contributed by atoms with E-state index in [-0.39, 0.29) is 0 Å². The van der Waals surface area contributed by atoms with Crippen LogP contribution in [0.4, 0.5) is 0 Å². The summed E-state index contributed by atoms with van der Waals surface area (Å²) in [6, 6.07) is 3.20. The van der Waals surface area contributed by atoms with Crippen LogP contribution in [0, 0.1) is 5.92 Å². The van der Waals surface area contributed by atoms with E-state index >= 15 is 0 Å². The molecule has 3 heteroatoms. The van der Waals surface area contributed by atoms with Gasteiger partial charge in [-0.15, -0.1) is 11.3 Å². The topological polar surface area (TPSA) is 12.0 Å². The summed E-state index contributed by atoms with van der Waals surface area (Å²) in [6.07, 6.45) is 6.79. The molecule has 2 rings (SSSR count). The summed E-state index contributed by atoms with van der Waals surface area (Å²) in [5.74, 6) is 0.910. The summed E-state index contributed by atoms with van der Waals surface area (Å²) in [5.41, 5.74) is 1.33. The molecule has 3 atom stereocenters. The summed E-state index contributed by atoms with van der Waals surface area (Å²) in [6.45, 7) is 4.62. The van der Waals surface area contributed by atoms with Crippen LogP contribution < -0.4 is 5.32 Å². The van der Waals surface area contributed by atoms with Crippen molar-refractivity contribution in [2.75, 3.05) is 0 Å². The molecule has 96 valence electrons. The summed E-state index contributed by atoms with van der Waals surface area (Å²) in [5, 5.41) is 5.92. The van der Waals surface area contributed by atoms with Crippen molar-refractivity contribution < 1.29 is 0 Å². The normalized spacial score (nSPS) is 27.7. The van der Waals surface area contributed by atoms with Gasteiger partial charge in [0.1, 0.15) is 0 Å². The van der Waals surface area contributed by atoms with Crippen LogP contribution in [0.3, 0.4) is 0 Å². The Kier molecular flexibility index (Phi) is 4.89. The third-order valence-corrected chi connectivity index (χ3v) is 4.94. The van der Waals surface area contributed by atoms with Crippen LogP contribution in [0.25, 0.3) is 0 Å². The van der Waals surface area contributed by atoms with Gasteiger partial charge in [-0.05, 0) is 49.1 Å². The maximum absolute atomic E-state index is 5.98. The molecule has 1 saturated carbocycles. The lowest BCUT2D eigenvalue weighted by Crippen LogP contribution is -2.30. The van der Waals surface area contributed by atoms with Gasteiger partial charge in [0.15, 0.2) is 0 Å². The molecule has 1 aliphatic carbocycles. The van der Waals surface area contributed by atoms with E-state index in [1.54, 1.807) is 11.3 Å². The summed E-state index contributed by atoms with van der Waals surface area (Å²) >= 11 is 7.61. The minimum Gasteiger partial charge on any atom is -0.307 e. The first kappa shape index (κ1) is 13.4. The second-order valence-electron chi connectivity index (χ2n) is 5.38. The Morgan fingerprint density at radius 3 is 2.88 bits per heavy atom. The quantitative estimate of drug-likeness (QED) is 0.761. The summed E-state index contributed by atoms with van der Waals surface area (Å²) < 4.78 is 0.892.